The minimum atomic E-state index is 0.708. The number of hydrogen-bond donors (Lipinski definition) is 0. The molecule has 0 radical (unpaired) electrons. The van der Waals surface area contributed by atoms with E-state index in [1.807, 2.05) is 12.1 Å². The van der Waals surface area contributed by atoms with E-state index in [0.717, 1.165) is 15.8 Å². The van der Waals surface area contributed by atoms with Crippen LogP contribution in [-0.4, -0.2) is 0 Å². The summed E-state index contributed by atoms with van der Waals surface area (Å²) < 4.78 is 4.60. The van der Waals surface area contributed by atoms with Crippen molar-refractivity contribution in [3.05, 3.63) is 114 Å². The van der Waals surface area contributed by atoms with E-state index in [2.05, 4.69) is 116 Å². The van der Waals surface area contributed by atoms with Gasteiger partial charge in [0.25, 0.3) is 0 Å². The molecule has 0 fully saturated rings. The summed E-state index contributed by atoms with van der Waals surface area (Å²) in [5, 5.41) is 12.4. The number of pyridine rings is 1. The number of thiophene rings is 1. The molecule has 6 rings (SSSR count). The highest BCUT2D eigenvalue weighted by Gasteiger charge is 2.21. The van der Waals surface area contributed by atoms with Gasteiger partial charge in [-0.3, -0.25) is 0 Å². The number of aryl methyl sites for hydroxylation is 2. The van der Waals surface area contributed by atoms with Crippen molar-refractivity contribution in [3.63, 3.8) is 0 Å². The van der Waals surface area contributed by atoms with Gasteiger partial charge in [-0.1, -0.05) is 72.8 Å². The van der Waals surface area contributed by atoms with Crippen LogP contribution in [0.15, 0.2) is 103 Å². The molecule has 0 unspecified atom stereocenters. The smallest absolute Gasteiger partial charge is 0.201 e. The minimum Gasteiger partial charge on any atom is -0.201 e. The Kier molecular flexibility index (Phi) is 5.17. The molecule has 2 aromatic heterocycles. The van der Waals surface area contributed by atoms with Crippen molar-refractivity contribution in [1.82, 2.24) is 0 Å². The molecule has 6 aromatic rings. The second kappa shape index (κ2) is 8.51. The molecular weight excluding hydrogens is 444 g/mol. The van der Waals surface area contributed by atoms with Gasteiger partial charge in [0, 0.05) is 37.9 Å². The van der Waals surface area contributed by atoms with Crippen molar-refractivity contribution in [3.8, 4) is 39.6 Å². The number of benzene rings is 4. The van der Waals surface area contributed by atoms with Crippen LogP contribution in [0.2, 0.25) is 0 Å². The van der Waals surface area contributed by atoms with E-state index in [-0.39, 0.29) is 0 Å². The van der Waals surface area contributed by atoms with E-state index in [0.29, 0.717) is 5.56 Å². The maximum absolute atomic E-state index is 10.0. The highest BCUT2D eigenvalue weighted by atomic mass is 32.1. The second-order valence-corrected chi connectivity index (χ2v) is 9.87. The van der Waals surface area contributed by atoms with Crippen molar-refractivity contribution in [1.29, 1.82) is 5.26 Å². The van der Waals surface area contributed by atoms with Gasteiger partial charge in [0.2, 0.25) is 5.69 Å². The summed E-state index contributed by atoms with van der Waals surface area (Å²) in [6, 6.07) is 36.3. The zero-order valence-electron chi connectivity index (χ0n) is 19.6. The zero-order chi connectivity index (χ0) is 23.9. The fourth-order valence-electron chi connectivity index (χ4n) is 4.94. The molecule has 166 valence electrons. The Labute approximate surface area is 209 Å². The Morgan fingerprint density at radius 1 is 0.657 bits per heavy atom. The molecule has 0 saturated heterocycles. The van der Waals surface area contributed by atoms with Crippen LogP contribution < -0.4 is 4.57 Å². The molecular formula is C32H23N2S+. The first-order chi connectivity index (χ1) is 17.2. The van der Waals surface area contributed by atoms with Crippen molar-refractivity contribution in [2.24, 2.45) is 7.05 Å². The summed E-state index contributed by atoms with van der Waals surface area (Å²) in [4.78, 5) is 0. The van der Waals surface area contributed by atoms with Crippen molar-refractivity contribution >= 4 is 31.5 Å². The van der Waals surface area contributed by atoms with Crippen LogP contribution in [0.5, 0.6) is 0 Å². The quantitative estimate of drug-likeness (QED) is 0.242. The van der Waals surface area contributed by atoms with Gasteiger partial charge in [0.15, 0.2) is 6.20 Å². The Morgan fingerprint density at radius 2 is 1.29 bits per heavy atom. The van der Waals surface area contributed by atoms with Gasteiger partial charge < -0.3 is 0 Å². The first-order valence-electron chi connectivity index (χ1n) is 11.7. The summed E-state index contributed by atoms with van der Waals surface area (Å²) in [6.07, 6.45) is 2.09. The maximum Gasteiger partial charge on any atom is 0.213 e. The van der Waals surface area contributed by atoms with Crippen molar-refractivity contribution in [2.45, 2.75) is 6.92 Å². The Bertz CT molecular complexity index is 1750. The van der Waals surface area contributed by atoms with Crippen LogP contribution in [0.25, 0.3) is 53.7 Å². The summed E-state index contributed by atoms with van der Waals surface area (Å²) in [7, 11) is 2.09. The van der Waals surface area contributed by atoms with Gasteiger partial charge in [-0.25, -0.2) is 4.57 Å². The predicted octanol–water partition coefficient (Wildman–Crippen LogP) is 8.06. The summed E-state index contributed by atoms with van der Waals surface area (Å²) in [5.41, 5.74) is 8.86. The lowest BCUT2D eigenvalue weighted by Crippen LogP contribution is -2.30. The molecule has 4 aromatic carbocycles. The molecule has 0 N–H and O–H groups in total. The van der Waals surface area contributed by atoms with Crippen LogP contribution >= 0.6 is 11.3 Å². The van der Waals surface area contributed by atoms with Gasteiger partial charge in [0.05, 0.1) is 17.2 Å². The van der Waals surface area contributed by atoms with E-state index >= 15 is 0 Å². The standard InChI is InChI=1S/C32H23N2S/c1-21-11-17-26-27-18-16-25(20-33)30(24-14-12-23(13-15-24)22-8-4-3-5-9-22)32(27)35-31(26)29(21)28-10-6-7-19-34(28)2/h3-19H,1-2H3/q+1. The van der Waals surface area contributed by atoms with Gasteiger partial charge in [-0.15, -0.1) is 11.3 Å². The third kappa shape index (κ3) is 3.51. The lowest BCUT2D eigenvalue weighted by Gasteiger charge is -2.08. The number of fused-ring (bicyclic) bond motifs is 3. The van der Waals surface area contributed by atoms with Crippen LogP contribution in [0.1, 0.15) is 11.1 Å². The molecule has 0 atom stereocenters. The van der Waals surface area contributed by atoms with Gasteiger partial charge in [-0.2, -0.15) is 5.26 Å². The fraction of sp³-hybridized carbons (Fsp3) is 0.0625. The fourth-order valence-corrected chi connectivity index (χ4v) is 6.42. The summed E-state index contributed by atoms with van der Waals surface area (Å²) in [5.74, 6) is 0. The number of hydrogen-bond acceptors (Lipinski definition) is 2. The molecule has 0 saturated carbocycles. The highest BCUT2D eigenvalue weighted by molar-refractivity contribution is 7.27. The molecule has 35 heavy (non-hydrogen) atoms. The Balaban J connectivity index is 1.61. The van der Waals surface area contributed by atoms with Gasteiger partial charge >= 0.3 is 0 Å². The number of rotatable bonds is 3. The number of aromatic nitrogens is 1. The molecule has 3 heteroatoms. The summed E-state index contributed by atoms with van der Waals surface area (Å²) in [6.45, 7) is 2.18. The predicted molar refractivity (Wildman–Crippen MR) is 146 cm³/mol. The van der Waals surface area contributed by atoms with Gasteiger partial charge in [-0.05, 0) is 41.3 Å². The van der Waals surface area contributed by atoms with Crippen molar-refractivity contribution in [2.75, 3.05) is 0 Å². The van der Waals surface area contributed by atoms with E-state index in [1.54, 1.807) is 11.3 Å². The van der Waals surface area contributed by atoms with Crippen molar-refractivity contribution < 1.29 is 4.57 Å². The average Bonchev–Trinajstić information content (AvgIpc) is 3.28. The topological polar surface area (TPSA) is 27.7 Å². The highest BCUT2D eigenvalue weighted by Crippen LogP contribution is 2.45. The second-order valence-electron chi connectivity index (χ2n) is 8.85. The average molecular weight is 468 g/mol. The van der Waals surface area contributed by atoms with E-state index < -0.39 is 0 Å². The Hall–Kier alpha value is -4.26. The third-order valence-corrected chi connectivity index (χ3v) is 7.99. The van der Waals surface area contributed by atoms with E-state index in [9.17, 15) is 5.26 Å². The van der Waals surface area contributed by atoms with Crippen LogP contribution in [-0.2, 0) is 7.05 Å². The number of nitriles is 1. The zero-order valence-corrected chi connectivity index (χ0v) is 20.4. The van der Waals surface area contributed by atoms with E-state index in [1.165, 1.54) is 43.4 Å². The van der Waals surface area contributed by atoms with Crippen LogP contribution in [0, 0.1) is 18.3 Å². The van der Waals surface area contributed by atoms with Crippen LogP contribution in [0.4, 0.5) is 0 Å². The minimum absolute atomic E-state index is 0.708. The normalized spacial score (nSPS) is 11.1. The lowest BCUT2D eigenvalue weighted by atomic mass is 9.95. The third-order valence-electron chi connectivity index (χ3n) is 6.73. The molecule has 2 heterocycles. The first-order valence-corrected chi connectivity index (χ1v) is 12.5. The molecule has 0 spiro atoms. The first kappa shape index (κ1) is 21.3. The monoisotopic (exact) mass is 467 g/mol. The maximum atomic E-state index is 10.0. The molecule has 0 bridgehead atoms. The molecule has 2 nitrogen and oxygen atoms in total. The van der Waals surface area contributed by atoms with E-state index in [4.69, 9.17) is 0 Å². The SMILES string of the molecule is Cc1ccc2c(sc3c(-c4ccc(-c5ccccc5)cc4)c(C#N)ccc32)c1-c1cccc[n+]1C. The molecule has 0 amide bonds. The van der Waals surface area contributed by atoms with Gasteiger partial charge in [0.1, 0.15) is 7.05 Å². The molecule has 0 aliphatic rings. The van der Waals surface area contributed by atoms with Crippen LogP contribution in [0.3, 0.4) is 0 Å². The molecule has 0 aliphatic heterocycles. The Morgan fingerprint density at radius 3 is 2.00 bits per heavy atom. The summed E-state index contributed by atoms with van der Waals surface area (Å²) >= 11 is 1.79. The lowest BCUT2D eigenvalue weighted by molar-refractivity contribution is -0.660. The number of nitrogens with zero attached hydrogens (tertiary/aromatic N) is 2. The molecule has 0 aliphatic carbocycles. The largest absolute Gasteiger partial charge is 0.213 e.